The molecule has 2 unspecified atom stereocenters. The monoisotopic (exact) mass is 686 g/mol. The molecule has 3 heterocycles. The van der Waals surface area contributed by atoms with Crippen LogP contribution < -0.4 is 24.6 Å². The van der Waals surface area contributed by atoms with Gasteiger partial charge in [0.2, 0.25) is 11.8 Å². The van der Waals surface area contributed by atoms with E-state index in [1.807, 2.05) is 0 Å². The van der Waals surface area contributed by atoms with Crippen LogP contribution in [0.15, 0.2) is 76.6 Å². The van der Waals surface area contributed by atoms with Gasteiger partial charge in [0.05, 0.1) is 34.2 Å². The third kappa shape index (κ3) is 6.06. The van der Waals surface area contributed by atoms with Gasteiger partial charge in [-0.1, -0.05) is 35.2 Å². The van der Waals surface area contributed by atoms with E-state index in [1.165, 1.54) is 43.5 Å². The van der Waals surface area contributed by atoms with Crippen LogP contribution in [0.2, 0.25) is 0 Å². The predicted octanol–water partition coefficient (Wildman–Crippen LogP) is 5.19. The molecule has 3 atom stereocenters. The molecule has 3 aromatic carbocycles. The highest BCUT2D eigenvalue weighted by molar-refractivity contribution is 8.00. The highest BCUT2D eigenvalue weighted by Gasteiger charge is 2.56. The fraction of sp³-hybridized carbons (Fsp3) is 0.200. The second kappa shape index (κ2) is 12.2. The maximum Gasteiger partial charge on any atom is 0.416 e. The summed E-state index contributed by atoms with van der Waals surface area (Å²) in [7, 11) is 1.34. The Hall–Kier alpha value is -5.16. The molecule has 0 aliphatic carbocycles. The number of aromatic nitrogens is 1. The van der Waals surface area contributed by atoms with Gasteiger partial charge in [-0.15, -0.1) is 0 Å². The van der Waals surface area contributed by atoms with Gasteiger partial charge < -0.3 is 19.8 Å². The first kappa shape index (κ1) is 31.8. The molecule has 2 N–H and O–H groups in total. The number of nitro benzene ring substituents is 1. The number of nitrogens with zero attached hydrogens (tertiary/aromatic N) is 2. The van der Waals surface area contributed by atoms with E-state index in [-0.39, 0.29) is 33.4 Å². The Morgan fingerprint density at radius 3 is 2.47 bits per heavy atom. The maximum atomic E-state index is 13.9. The van der Waals surface area contributed by atoms with E-state index in [9.17, 15) is 42.5 Å². The van der Waals surface area contributed by atoms with Crippen LogP contribution in [0, 0.1) is 16.0 Å². The number of rotatable bonds is 8. The number of aromatic amines is 1. The lowest BCUT2D eigenvalue weighted by Gasteiger charge is -2.30. The Balaban J connectivity index is 1.26. The number of methoxy groups -OCH3 is 1. The number of alkyl halides is 3. The molecular weight excluding hydrogens is 665 g/mol. The minimum atomic E-state index is -4.58. The molecule has 0 spiro atoms. The van der Waals surface area contributed by atoms with Crippen LogP contribution in [0.4, 0.5) is 30.2 Å². The lowest BCUT2D eigenvalue weighted by molar-refractivity contribution is -0.384. The number of benzene rings is 3. The number of nitrogens with one attached hydrogen (secondary N) is 2. The number of halogens is 3. The number of imide groups is 1. The Morgan fingerprint density at radius 2 is 1.79 bits per heavy atom. The van der Waals surface area contributed by atoms with Crippen molar-refractivity contribution in [1.29, 1.82) is 0 Å². The summed E-state index contributed by atoms with van der Waals surface area (Å²) >= 11 is 1.96. The Morgan fingerprint density at radius 1 is 1.04 bits per heavy atom. The van der Waals surface area contributed by atoms with Crippen molar-refractivity contribution >= 4 is 57.9 Å². The zero-order valence-corrected chi connectivity index (χ0v) is 25.5. The number of H-pyrrole nitrogens is 1. The fourth-order valence-electron chi connectivity index (χ4n) is 5.46. The van der Waals surface area contributed by atoms with Crippen molar-refractivity contribution in [2.45, 2.75) is 22.4 Å². The van der Waals surface area contributed by atoms with Gasteiger partial charge in [0, 0.05) is 28.6 Å². The molecule has 1 aromatic heterocycles. The molecule has 6 rings (SSSR count). The van der Waals surface area contributed by atoms with Crippen molar-refractivity contribution < 1.29 is 42.0 Å². The van der Waals surface area contributed by atoms with Crippen LogP contribution in [-0.4, -0.2) is 46.6 Å². The van der Waals surface area contributed by atoms with Gasteiger partial charge in [0.15, 0.2) is 18.1 Å². The molecule has 0 radical (unpaired) electrons. The summed E-state index contributed by atoms with van der Waals surface area (Å²) in [6.45, 7) is -0.572. The number of thiazole rings is 1. The number of carbonyl (C=O) groups is 3. The number of fused-ring (bicyclic) bond motifs is 2. The van der Waals surface area contributed by atoms with Gasteiger partial charge in [0.25, 0.3) is 11.6 Å². The quantitative estimate of drug-likeness (QED) is 0.145. The van der Waals surface area contributed by atoms with Gasteiger partial charge in [-0.3, -0.25) is 29.3 Å². The molecule has 2 aliphatic rings. The van der Waals surface area contributed by atoms with Crippen molar-refractivity contribution in [2.75, 3.05) is 23.9 Å². The number of ether oxygens (including phenoxy) is 2. The van der Waals surface area contributed by atoms with E-state index in [0.717, 1.165) is 46.2 Å². The van der Waals surface area contributed by atoms with E-state index in [4.69, 9.17) is 9.47 Å². The molecule has 1 saturated heterocycles. The number of non-ortho nitro benzene ring substituents is 1. The first-order chi connectivity index (χ1) is 22.3. The number of hydrogen-bond donors (Lipinski definition) is 2. The summed E-state index contributed by atoms with van der Waals surface area (Å²) in [6, 6.07) is 13.8. The Bertz CT molecular complexity index is 1980. The van der Waals surface area contributed by atoms with Crippen LogP contribution in [0.5, 0.6) is 11.5 Å². The van der Waals surface area contributed by atoms with Crippen molar-refractivity contribution in [3.05, 3.63) is 103 Å². The minimum Gasteiger partial charge on any atom is -0.493 e. The Labute approximate surface area is 270 Å². The molecule has 12 nitrogen and oxygen atoms in total. The third-order valence-electron chi connectivity index (χ3n) is 7.52. The molecule has 3 amide bonds. The van der Waals surface area contributed by atoms with E-state index in [2.05, 4.69) is 10.3 Å². The van der Waals surface area contributed by atoms with Gasteiger partial charge in [-0.05, 0) is 48.0 Å². The number of carbonyl (C=O) groups excluding carboxylic acids is 3. The number of amides is 3. The smallest absolute Gasteiger partial charge is 0.416 e. The van der Waals surface area contributed by atoms with E-state index >= 15 is 0 Å². The van der Waals surface area contributed by atoms with Crippen molar-refractivity contribution in [3.8, 4) is 11.5 Å². The van der Waals surface area contributed by atoms with Crippen LogP contribution in [0.1, 0.15) is 21.9 Å². The van der Waals surface area contributed by atoms with Gasteiger partial charge in [-0.25, -0.2) is 4.90 Å². The fourth-order valence-corrected chi connectivity index (χ4v) is 7.98. The molecule has 0 saturated carbocycles. The first-order valence-electron chi connectivity index (χ1n) is 13.7. The van der Waals surface area contributed by atoms with Crippen molar-refractivity contribution in [3.63, 3.8) is 0 Å². The molecule has 2 aliphatic heterocycles. The molecule has 4 aromatic rings. The topological polar surface area (TPSA) is 161 Å². The van der Waals surface area contributed by atoms with Crippen LogP contribution in [-0.2, 0) is 20.6 Å². The third-order valence-corrected chi connectivity index (χ3v) is 9.92. The molecule has 47 heavy (non-hydrogen) atoms. The van der Waals surface area contributed by atoms with E-state index in [1.54, 1.807) is 12.1 Å². The molecular formula is C30H21F3N4O8S2. The van der Waals surface area contributed by atoms with Crippen LogP contribution in [0.3, 0.4) is 0 Å². The lowest BCUT2D eigenvalue weighted by atomic mass is 9.83. The number of anilines is 2. The minimum absolute atomic E-state index is 0.0692. The van der Waals surface area contributed by atoms with Crippen LogP contribution in [0.25, 0.3) is 0 Å². The summed E-state index contributed by atoms with van der Waals surface area (Å²) in [6.07, 6.45) is -4.58. The zero-order valence-electron chi connectivity index (χ0n) is 23.9. The summed E-state index contributed by atoms with van der Waals surface area (Å²) in [5, 5.41) is 13.0. The first-order valence-corrected chi connectivity index (χ1v) is 15.3. The summed E-state index contributed by atoms with van der Waals surface area (Å²) in [4.78, 5) is 66.8. The maximum absolute atomic E-state index is 13.9. The average molecular weight is 687 g/mol. The zero-order chi connectivity index (χ0) is 33.6. The van der Waals surface area contributed by atoms with E-state index < -0.39 is 58.1 Å². The number of nitro groups is 1. The molecule has 0 bridgehead atoms. The lowest BCUT2D eigenvalue weighted by Crippen LogP contribution is -2.32. The highest BCUT2D eigenvalue weighted by Crippen LogP contribution is 2.54. The summed E-state index contributed by atoms with van der Waals surface area (Å²) < 4.78 is 50.2. The van der Waals surface area contributed by atoms with Crippen molar-refractivity contribution in [2.24, 2.45) is 5.92 Å². The summed E-state index contributed by atoms with van der Waals surface area (Å²) in [5.41, 5.74) is -0.534. The predicted molar refractivity (Wildman–Crippen MR) is 164 cm³/mol. The van der Waals surface area contributed by atoms with Gasteiger partial charge >= 0.3 is 11.0 Å². The van der Waals surface area contributed by atoms with Crippen molar-refractivity contribution in [1.82, 2.24) is 4.98 Å². The SMILES string of the molecule is COc1cc([C@H]2c3sc(=O)[nH]c3SC3C(=O)N(c4ccc([N+](=O)[O-])cc4)C(=O)C32)ccc1OCC(=O)Nc1cccc(C(F)(F)F)c1. The summed E-state index contributed by atoms with van der Waals surface area (Å²) in [5.74, 6) is -3.28. The standard InChI is InChI=1S/C30H21F3N4O8S2/c1-44-20-11-14(5-10-19(20)45-13-21(38)34-16-4-2-3-15(12-16)30(31,32)33)22-23-25(46-26-24(22)47-29(41)35-26)28(40)36(27(23)39)17-6-8-18(9-7-17)37(42)43/h2-12,22-23,25H,13H2,1H3,(H,34,38)(H,35,41)/t22-,23?,25?/m1/s1. The molecule has 1 fully saturated rings. The highest BCUT2D eigenvalue weighted by atomic mass is 32.2. The van der Waals surface area contributed by atoms with Gasteiger partial charge in [0.1, 0.15) is 5.25 Å². The second-order valence-electron chi connectivity index (χ2n) is 10.4. The number of thioether (sulfide) groups is 1. The molecule has 17 heteroatoms. The van der Waals surface area contributed by atoms with Crippen LogP contribution >= 0.6 is 23.1 Å². The largest absolute Gasteiger partial charge is 0.493 e. The normalized spacial score (nSPS) is 18.8. The Kier molecular flexibility index (Phi) is 8.27. The second-order valence-corrected chi connectivity index (χ2v) is 12.5. The number of hydrogen-bond acceptors (Lipinski definition) is 10. The average Bonchev–Trinajstić information content (AvgIpc) is 3.53. The molecule has 242 valence electrons. The van der Waals surface area contributed by atoms with Gasteiger partial charge in [-0.2, -0.15) is 13.2 Å². The van der Waals surface area contributed by atoms with E-state index in [0.29, 0.717) is 15.5 Å².